The van der Waals surface area contributed by atoms with Crippen LogP contribution >= 0.6 is 11.6 Å². The van der Waals surface area contributed by atoms with Gasteiger partial charge in [0.25, 0.3) is 0 Å². The van der Waals surface area contributed by atoms with E-state index in [0.29, 0.717) is 12.5 Å². The van der Waals surface area contributed by atoms with Gasteiger partial charge in [0.1, 0.15) is 11.5 Å². The molecule has 3 rings (SSSR count). The van der Waals surface area contributed by atoms with Crippen molar-refractivity contribution >= 4 is 11.6 Å². The molecule has 170 valence electrons. The molecule has 1 heterocycles. The van der Waals surface area contributed by atoms with Gasteiger partial charge in [-0.25, -0.2) is 0 Å². The monoisotopic (exact) mass is 445 g/mol. The zero-order chi connectivity index (χ0) is 22.1. The maximum absolute atomic E-state index is 5.97. The van der Waals surface area contributed by atoms with Crippen molar-refractivity contribution < 1.29 is 14.2 Å². The Kier molecular flexibility index (Phi) is 9.06. The number of halogens is 1. The Morgan fingerprint density at radius 2 is 1.61 bits per heavy atom. The topological polar surface area (TPSA) is 30.9 Å². The van der Waals surface area contributed by atoms with E-state index in [1.165, 1.54) is 11.1 Å². The lowest BCUT2D eigenvalue weighted by Gasteiger charge is -2.27. The summed E-state index contributed by atoms with van der Waals surface area (Å²) in [6.07, 6.45) is 1.89. The molecule has 0 bridgehead atoms. The molecule has 0 spiro atoms. The van der Waals surface area contributed by atoms with Crippen LogP contribution in [0, 0.1) is 6.92 Å². The van der Waals surface area contributed by atoms with E-state index in [1.54, 1.807) is 0 Å². The summed E-state index contributed by atoms with van der Waals surface area (Å²) in [5, 5.41) is 0. The lowest BCUT2D eigenvalue weighted by molar-refractivity contribution is 0.0358. The van der Waals surface area contributed by atoms with Gasteiger partial charge < -0.3 is 14.2 Å². The van der Waals surface area contributed by atoms with E-state index in [-0.39, 0.29) is 5.41 Å². The Bertz CT molecular complexity index is 801. The largest absolute Gasteiger partial charge is 0.494 e. The van der Waals surface area contributed by atoms with Crippen molar-refractivity contribution in [1.82, 2.24) is 4.90 Å². The number of morpholine rings is 1. The zero-order valence-electron chi connectivity index (χ0n) is 19.2. The molecule has 1 aliphatic heterocycles. The van der Waals surface area contributed by atoms with E-state index >= 15 is 0 Å². The van der Waals surface area contributed by atoms with Gasteiger partial charge >= 0.3 is 0 Å². The first-order valence-corrected chi connectivity index (χ1v) is 11.9. The van der Waals surface area contributed by atoms with Gasteiger partial charge in [0.15, 0.2) is 0 Å². The number of hydrogen-bond acceptors (Lipinski definition) is 4. The summed E-state index contributed by atoms with van der Waals surface area (Å²) in [4.78, 5) is 2.44. The van der Waals surface area contributed by atoms with Crippen LogP contribution in [0.3, 0.4) is 0 Å². The molecule has 0 radical (unpaired) electrons. The van der Waals surface area contributed by atoms with Crippen molar-refractivity contribution in [1.29, 1.82) is 0 Å². The lowest BCUT2D eigenvalue weighted by Crippen LogP contribution is -2.37. The van der Waals surface area contributed by atoms with Gasteiger partial charge in [0.05, 0.1) is 26.4 Å². The fourth-order valence-electron chi connectivity index (χ4n) is 3.87. The number of alkyl halides is 1. The third kappa shape index (κ3) is 6.86. The van der Waals surface area contributed by atoms with Crippen LogP contribution in [0.15, 0.2) is 42.5 Å². The third-order valence-electron chi connectivity index (χ3n) is 6.00. The number of hydrogen-bond donors (Lipinski definition) is 0. The summed E-state index contributed by atoms with van der Waals surface area (Å²) >= 11 is 5.74. The highest BCUT2D eigenvalue weighted by atomic mass is 35.5. The molecule has 0 atom stereocenters. The standard InChI is InChI=1S/C26H36ClNO3/c1-21-20-23(8-11-25(21)31-16-4-12-27)26(2,3)22-6-9-24(10-7-22)30-17-5-13-28-14-18-29-19-15-28/h6-11,20H,4-5,12-19H2,1-3H3. The number of ether oxygens (including phenoxy) is 3. The fourth-order valence-corrected chi connectivity index (χ4v) is 3.98. The second-order valence-electron chi connectivity index (χ2n) is 8.68. The summed E-state index contributed by atoms with van der Waals surface area (Å²) in [5.74, 6) is 2.49. The van der Waals surface area contributed by atoms with Gasteiger partial charge in [0.2, 0.25) is 0 Å². The second kappa shape index (κ2) is 11.8. The third-order valence-corrected chi connectivity index (χ3v) is 6.27. The van der Waals surface area contributed by atoms with Crippen LogP contribution in [-0.2, 0) is 10.2 Å². The number of benzene rings is 2. The number of nitrogens with zero attached hydrogens (tertiary/aromatic N) is 1. The molecule has 1 aliphatic rings. The molecule has 4 nitrogen and oxygen atoms in total. The van der Waals surface area contributed by atoms with E-state index < -0.39 is 0 Å². The summed E-state index contributed by atoms with van der Waals surface area (Å²) in [7, 11) is 0. The molecule has 0 aromatic heterocycles. The van der Waals surface area contributed by atoms with Gasteiger partial charge in [-0.05, 0) is 54.7 Å². The highest BCUT2D eigenvalue weighted by Crippen LogP contribution is 2.34. The van der Waals surface area contributed by atoms with E-state index in [4.69, 9.17) is 25.8 Å². The smallest absolute Gasteiger partial charge is 0.122 e. The van der Waals surface area contributed by atoms with Crippen molar-refractivity contribution in [3.05, 3.63) is 59.2 Å². The summed E-state index contributed by atoms with van der Waals surface area (Å²) in [6, 6.07) is 15.0. The first kappa shape index (κ1) is 23.9. The van der Waals surface area contributed by atoms with Crippen molar-refractivity contribution in [2.24, 2.45) is 0 Å². The quantitative estimate of drug-likeness (QED) is 0.341. The molecule has 0 saturated carbocycles. The Labute approximate surface area is 192 Å². The molecule has 0 amide bonds. The van der Waals surface area contributed by atoms with E-state index in [1.807, 2.05) is 0 Å². The molecule has 2 aromatic rings. The normalized spacial score (nSPS) is 15.1. The fraction of sp³-hybridized carbons (Fsp3) is 0.538. The first-order chi connectivity index (χ1) is 15.0. The average molecular weight is 446 g/mol. The highest BCUT2D eigenvalue weighted by Gasteiger charge is 2.24. The van der Waals surface area contributed by atoms with Crippen molar-refractivity contribution in [3.8, 4) is 11.5 Å². The van der Waals surface area contributed by atoms with Crippen molar-refractivity contribution in [2.75, 3.05) is 51.9 Å². The van der Waals surface area contributed by atoms with Gasteiger partial charge in [0, 0.05) is 30.9 Å². The number of aryl methyl sites for hydroxylation is 1. The minimum atomic E-state index is -0.103. The van der Waals surface area contributed by atoms with E-state index in [0.717, 1.165) is 69.4 Å². The van der Waals surface area contributed by atoms with Gasteiger partial charge in [-0.15, -0.1) is 11.6 Å². The predicted octanol–water partition coefficient (Wildman–Crippen LogP) is 5.43. The minimum absolute atomic E-state index is 0.103. The Morgan fingerprint density at radius 1 is 0.935 bits per heavy atom. The zero-order valence-corrected chi connectivity index (χ0v) is 19.9. The molecular weight excluding hydrogens is 410 g/mol. The molecule has 1 fully saturated rings. The predicted molar refractivity (Wildman–Crippen MR) is 128 cm³/mol. The minimum Gasteiger partial charge on any atom is -0.494 e. The SMILES string of the molecule is Cc1cc(C(C)(C)c2ccc(OCCCN3CCOCC3)cc2)ccc1OCCCCl. The van der Waals surface area contributed by atoms with Crippen LogP contribution in [0.4, 0.5) is 0 Å². The highest BCUT2D eigenvalue weighted by molar-refractivity contribution is 6.17. The maximum atomic E-state index is 5.97. The van der Waals surface area contributed by atoms with E-state index in [9.17, 15) is 0 Å². The molecule has 2 aromatic carbocycles. The van der Waals surface area contributed by atoms with E-state index in [2.05, 4.69) is 68.1 Å². The van der Waals surface area contributed by atoms with Crippen LogP contribution in [0.2, 0.25) is 0 Å². The summed E-state index contributed by atoms with van der Waals surface area (Å²) < 4.78 is 17.2. The molecule has 0 N–H and O–H groups in total. The van der Waals surface area contributed by atoms with Crippen LogP contribution in [0.5, 0.6) is 11.5 Å². The molecule has 1 saturated heterocycles. The summed E-state index contributed by atoms with van der Waals surface area (Å²) in [6.45, 7) is 12.8. The summed E-state index contributed by atoms with van der Waals surface area (Å²) in [5.41, 5.74) is 3.59. The Hall–Kier alpha value is -1.75. The molecule has 5 heteroatoms. The molecule has 0 unspecified atom stereocenters. The van der Waals surface area contributed by atoms with Crippen molar-refractivity contribution in [2.45, 2.75) is 39.0 Å². The molecular formula is C26H36ClNO3. The van der Waals surface area contributed by atoms with Crippen LogP contribution in [0.1, 0.15) is 43.4 Å². The molecule has 0 aliphatic carbocycles. The van der Waals surface area contributed by atoms with Gasteiger partial charge in [-0.2, -0.15) is 0 Å². The van der Waals surface area contributed by atoms with Crippen molar-refractivity contribution in [3.63, 3.8) is 0 Å². The second-order valence-corrected chi connectivity index (χ2v) is 9.05. The van der Waals surface area contributed by atoms with Gasteiger partial charge in [-0.3, -0.25) is 4.90 Å². The Balaban J connectivity index is 1.54. The first-order valence-electron chi connectivity index (χ1n) is 11.3. The number of rotatable bonds is 11. The maximum Gasteiger partial charge on any atom is 0.122 e. The van der Waals surface area contributed by atoms with Crippen LogP contribution < -0.4 is 9.47 Å². The molecule has 31 heavy (non-hydrogen) atoms. The Morgan fingerprint density at radius 3 is 2.29 bits per heavy atom. The lowest BCUT2D eigenvalue weighted by atomic mass is 9.77. The average Bonchev–Trinajstić information content (AvgIpc) is 2.79. The van der Waals surface area contributed by atoms with Crippen LogP contribution in [-0.4, -0.2) is 56.8 Å². The van der Waals surface area contributed by atoms with Gasteiger partial charge in [-0.1, -0.05) is 38.1 Å². The van der Waals surface area contributed by atoms with Crippen LogP contribution in [0.25, 0.3) is 0 Å².